The van der Waals surface area contributed by atoms with Crippen LogP contribution in [0.5, 0.6) is 0 Å². The minimum Gasteiger partial charge on any atom is -0.353 e. The van der Waals surface area contributed by atoms with E-state index in [2.05, 4.69) is 10.6 Å². The molecule has 0 aromatic heterocycles. The monoisotopic (exact) mass is 237 g/mol. The third-order valence-corrected chi connectivity index (χ3v) is 1.63. The fourth-order valence-electron chi connectivity index (χ4n) is 0.938. The highest BCUT2D eigenvalue weighted by Gasteiger charge is 2.39. The molecule has 16 heavy (non-hydrogen) atoms. The largest absolute Gasteiger partial charge is 0.405 e. The maximum absolute atomic E-state index is 12.1. The maximum atomic E-state index is 12.1. The first kappa shape index (κ1) is 14.7. The zero-order valence-corrected chi connectivity index (χ0v) is 9.06. The number of carbonyl (C=O) groups is 1. The smallest absolute Gasteiger partial charge is 0.353 e. The van der Waals surface area contributed by atoms with Crippen LogP contribution in [0.25, 0.3) is 0 Å². The summed E-state index contributed by atoms with van der Waals surface area (Å²) in [5.74, 6) is -2.48. The van der Waals surface area contributed by atoms with E-state index in [9.17, 15) is 18.0 Å². The van der Waals surface area contributed by atoms with Crippen molar-refractivity contribution in [3.8, 4) is 6.07 Å². The third kappa shape index (κ3) is 6.24. The molecule has 0 spiro atoms. The molecule has 0 bridgehead atoms. The Kier molecular flexibility index (Phi) is 5.82. The van der Waals surface area contributed by atoms with E-state index in [0.717, 1.165) is 6.07 Å². The Labute approximate surface area is 91.8 Å². The summed E-state index contributed by atoms with van der Waals surface area (Å²) in [5, 5.41) is 13.1. The summed E-state index contributed by atoms with van der Waals surface area (Å²) < 4.78 is 36.3. The van der Waals surface area contributed by atoms with E-state index in [0.29, 0.717) is 0 Å². The van der Waals surface area contributed by atoms with E-state index in [1.165, 1.54) is 0 Å². The molecule has 0 saturated heterocycles. The Bertz CT molecular complexity index is 270. The van der Waals surface area contributed by atoms with Crippen LogP contribution < -0.4 is 10.6 Å². The maximum Gasteiger partial charge on any atom is 0.405 e. The van der Waals surface area contributed by atoms with Crippen molar-refractivity contribution in [2.75, 3.05) is 13.1 Å². The molecule has 0 aromatic carbocycles. The molecule has 0 aliphatic heterocycles. The first-order valence-electron chi connectivity index (χ1n) is 4.73. The molecule has 2 N–H and O–H groups in total. The van der Waals surface area contributed by atoms with Crippen LogP contribution in [-0.2, 0) is 4.79 Å². The zero-order chi connectivity index (χ0) is 12.8. The Morgan fingerprint density at radius 1 is 1.44 bits per heavy atom. The van der Waals surface area contributed by atoms with Crippen LogP contribution in [0.4, 0.5) is 13.2 Å². The number of alkyl halides is 3. The van der Waals surface area contributed by atoms with Gasteiger partial charge in [0.15, 0.2) is 5.92 Å². The summed E-state index contributed by atoms with van der Waals surface area (Å²) in [6.07, 6.45) is -4.56. The van der Waals surface area contributed by atoms with Gasteiger partial charge >= 0.3 is 6.18 Å². The van der Waals surface area contributed by atoms with Gasteiger partial charge in [-0.15, -0.1) is 0 Å². The van der Waals surface area contributed by atoms with Crippen LogP contribution in [0, 0.1) is 17.2 Å². The van der Waals surface area contributed by atoms with Crippen molar-refractivity contribution in [1.82, 2.24) is 10.6 Å². The lowest BCUT2D eigenvalue weighted by molar-refractivity contribution is -0.158. The van der Waals surface area contributed by atoms with Gasteiger partial charge in [-0.3, -0.25) is 4.79 Å². The van der Waals surface area contributed by atoms with Crippen molar-refractivity contribution in [1.29, 1.82) is 5.26 Å². The van der Waals surface area contributed by atoms with Crippen LogP contribution in [0.1, 0.15) is 13.8 Å². The topological polar surface area (TPSA) is 64.9 Å². The number of amides is 1. The summed E-state index contributed by atoms with van der Waals surface area (Å²) in [6.45, 7) is 2.68. The van der Waals surface area contributed by atoms with E-state index in [1.54, 1.807) is 13.8 Å². The van der Waals surface area contributed by atoms with Gasteiger partial charge in [0, 0.05) is 12.6 Å². The van der Waals surface area contributed by atoms with E-state index >= 15 is 0 Å². The highest BCUT2D eigenvalue weighted by molar-refractivity contribution is 5.78. The van der Waals surface area contributed by atoms with Gasteiger partial charge in [0.05, 0.1) is 12.6 Å². The molecule has 0 aromatic rings. The molecule has 0 aliphatic rings. The first-order valence-corrected chi connectivity index (χ1v) is 4.73. The molecule has 1 amide bonds. The average Bonchev–Trinajstić information content (AvgIpc) is 2.08. The first-order chi connectivity index (χ1) is 7.27. The Balaban J connectivity index is 3.90. The van der Waals surface area contributed by atoms with Crippen molar-refractivity contribution in [2.24, 2.45) is 5.92 Å². The fourth-order valence-corrected chi connectivity index (χ4v) is 0.938. The minimum absolute atomic E-state index is 0.0660. The van der Waals surface area contributed by atoms with Gasteiger partial charge in [-0.05, 0) is 13.8 Å². The summed E-state index contributed by atoms with van der Waals surface area (Å²) >= 11 is 0. The minimum atomic E-state index is -4.56. The molecule has 0 heterocycles. The lowest BCUT2D eigenvalue weighted by Gasteiger charge is -2.14. The van der Waals surface area contributed by atoms with Crippen LogP contribution in [0.3, 0.4) is 0 Å². The van der Waals surface area contributed by atoms with Gasteiger partial charge in [-0.1, -0.05) is 0 Å². The predicted octanol–water partition coefficient (Wildman–Crippen LogP) is 0.803. The molecule has 92 valence electrons. The Morgan fingerprint density at radius 2 is 2.00 bits per heavy atom. The van der Waals surface area contributed by atoms with Crippen molar-refractivity contribution in [2.45, 2.75) is 26.1 Å². The molecule has 0 saturated carbocycles. The number of halogens is 3. The number of nitrogens with zero attached hydrogens (tertiary/aromatic N) is 1. The van der Waals surface area contributed by atoms with Gasteiger partial charge in [-0.2, -0.15) is 18.4 Å². The van der Waals surface area contributed by atoms with Crippen molar-refractivity contribution in [3.05, 3.63) is 0 Å². The summed E-state index contributed by atoms with van der Waals surface area (Å²) in [6, 6.07) is 1.07. The Morgan fingerprint density at radius 3 is 2.38 bits per heavy atom. The highest BCUT2D eigenvalue weighted by Crippen LogP contribution is 2.24. The van der Waals surface area contributed by atoms with Gasteiger partial charge < -0.3 is 10.6 Å². The standard InChI is InChI=1S/C9H14F3N3O/c1-6(2)15-8(16)5-14-4-7(3-13)9(10,11)12/h6-7,14H,4-5H2,1-2H3,(H,15,16). The summed E-state index contributed by atoms with van der Waals surface area (Å²) in [7, 11) is 0. The third-order valence-electron chi connectivity index (χ3n) is 1.63. The zero-order valence-electron chi connectivity index (χ0n) is 9.06. The quantitative estimate of drug-likeness (QED) is 0.743. The number of rotatable bonds is 5. The predicted molar refractivity (Wildman–Crippen MR) is 51.3 cm³/mol. The van der Waals surface area contributed by atoms with E-state index in [-0.39, 0.29) is 12.6 Å². The average molecular weight is 237 g/mol. The molecule has 0 rings (SSSR count). The number of nitriles is 1. The van der Waals surface area contributed by atoms with Crippen LogP contribution in [0.15, 0.2) is 0 Å². The fraction of sp³-hybridized carbons (Fsp3) is 0.778. The van der Waals surface area contributed by atoms with Gasteiger partial charge in [0.25, 0.3) is 0 Å². The van der Waals surface area contributed by atoms with Crippen LogP contribution >= 0.6 is 0 Å². The lowest BCUT2D eigenvalue weighted by Crippen LogP contribution is -2.41. The van der Waals surface area contributed by atoms with Gasteiger partial charge in [0.1, 0.15) is 0 Å². The SMILES string of the molecule is CC(C)NC(=O)CNCC(C#N)C(F)(F)F. The molecule has 7 heteroatoms. The van der Waals surface area contributed by atoms with Gasteiger partial charge in [-0.25, -0.2) is 0 Å². The molecule has 1 unspecified atom stereocenters. The molecule has 4 nitrogen and oxygen atoms in total. The normalized spacial score (nSPS) is 13.3. The van der Waals surface area contributed by atoms with Gasteiger partial charge in [0.2, 0.25) is 5.91 Å². The molecule has 0 fully saturated rings. The van der Waals surface area contributed by atoms with Crippen LogP contribution in [-0.4, -0.2) is 31.2 Å². The molecular formula is C9H14F3N3O. The van der Waals surface area contributed by atoms with E-state index < -0.39 is 24.5 Å². The number of hydrogen-bond donors (Lipinski definition) is 2. The Hall–Kier alpha value is -1.29. The second-order valence-electron chi connectivity index (χ2n) is 3.58. The second kappa shape index (κ2) is 6.33. The number of hydrogen-bond acceptors (Lipinski definition) is 3. The van der Waals surface area contributed by atoms with E-state index in [4.69, 9.17) is 5.26 Å². The van der Waals surface area contributed by atoms with Crippen molar-refractivity contribution in [3.63, 3.8) is 0 Å². The van der Waals surface area contributed by atoms with Crippen LogP contribution in [0.2, 0.25) is 0 Å². The molecule has 0 aliphatic carbocycles. The number of nitrogens with one attached hydrogen (secondary N) is 2. The summed E-state index contributed by atoms with van der Waals surface area (Å²) in [5.41, 5.74) is 0. The van der Waals surface area contributed by atoms with Crippen molar-refractivity contribution >= 4 is 5.91 Å². The van der Waals surface area contributed by atoms with E-state index in [1.807, 2.05) is 0 Å². The summed E-state index contributed by atoms with van der Waals surface area (Å²) in [4.78, 5) is 11.0. The van der Waals surface area contributed by atoms with Crippen molar-refractivity contribution < 1.29 is 18.0 Å². The lowest BCUT2D eigenvalue weighted by atomic mass is 10.1. The number of carbonyl (C=O) groups excluding carboxylic acids is 1. The molecule has 1 atom stereocenters. The second-order valence-corrected chi connectivity index (χ2v) is 3.58. The molecular weight excluding hydrogens is 223 g/mol. The highest BCUT2D eigenvalue weighted by atomic mass is 19.4. The molecule has 0 radical (unpaired) electrons.